The van der Waals surface area contributed by atoms with Crippen LogP contribution in [0.3, 0.4) is 0 Å². The topological polar surface area (TPSA) is 80.7 Å². The van der Waals surface area contributed by atoms with Gasteiger partial charge in [-0.1, -0.05) is 17.7 Å². The first kappa shape index (κ1) is 12.3. The third-order valence-corrected chi connectivity index (χ3v) is 3.03. The monoisotopic (exact) mass is 242 g/mol. The van der Waals surface area contributed by atoms with E-state index in [0.29, 0.717) is 0 Å². The van der Waals surface area contributed by atoms with Crippen molar-refractivity contribution in [2.75, 3.05) is 0 Å². The summed E-state index contributed by atoms with van der Waals surface area (Å²) in [7, 11) is -4.10. The molecule has 0 aliphatic carbocycles. The predicted octanol–water partition coefficient (Wildman–Crippen LogP) is 1.30. The van der Waals surface area contributed by atoms with Crippen LogP contribution >= 0.6 is 0 Å². The molecular weight excluding hydrogens is 232 g/mol. The Morgan fingerprint density at radius 3 is 2.25 bits per heavy atom. The Kier molecular flexibility index (Phi) is 3.34. The number of rotatable bonds is 4. The van der Waals surface area contributed by atoms with Crippen LogP contribution in [0.1, 0.15) is 5.56 Å². The zero-order valence-corrected chi connectivity index (χ0v) is 9.32. The number of hydrogen-bond acceptors (Lipinski definition) is 4. The Bertz CT molecular complexity index is 513. The van der Waals surface area contributed by atoms with Crippen molar-refractivity contribution in [1.29, 1.82) is 0 Å². The third-order valence-electron chi connectivity index (χ3n) is 1.76. The van der Waals surface area contributed by atoms with Crippen molar-refractivity contribution in [1.82, 2.24) is 0 Å². The fourth-order valence-corrected chi connectivity index (χ4v) is 1.82. The van der Waals surface area contributed by atoms with Crippen LogP contribution in [0.25, 0.3) is 0 Å². The van der Waals surface area contributed by atoms with Crippen molar-refractivity contribution in [2.45, 2.75) is 11.8 Å². The van der Waals surface area contributed by atoms with Crippen LogP contribution in [0, 0.1) is 6.92 Å². The van der Waals surface area contributed by atoms with E-state index < -0.39 is 21.8 Å². The minimum atomic E-state index is -4.10. The normalized spacial score (nSPS) is 10.8. The molecule has 16 heavy (non-hydrogen) atoms. The number of benzene rings is 1. The maximum Gasteiger partial charge on any atom is 0.372 e. The van der Waals surface area contributed by atoms with Crippen LogP contribution in [0.2, 0.25) is 0 Å². The molecule has 1 N–H and O–H groups in total. The highest BCUT2D eigenvalue weighted by molar-refractivity contribution is 7.86. The van der Waals surface area contributed by atoms with Crippen molar-refractivity contribution >= 4 is 16.1 Å². The summed E-state index contributed by atoms with van der Waals surface area (Å²) in [5.74, 6) is -2.35. The molecule has 0 aliphatic rings. The zero-order valence-electron chi connectivity index (χ0n) is 8.50. The summed E-state index contributed by atoms with van der Waals surface area (Å²) < 4.78 is 27.3. The van der Waals surface area contributed by atoms with Crippen molar-refractivity contribution < 1.29 is 22.5 Å². The molecule has 0 atom stereocenters. The van der Waals surface area contributed by atoms with E-state index in [0.717, 1.165) is 5.56 Å². The van der Waals surface area contributed by atoms with Gasteiger partial charge in [-0.25, -0.2) is 4.79 Å². The number of carboxylic acids is 1. The van der Waals surface area contributed by atoms with Gasteiger partial charge < -0.3 is 9.29 Å². The van der Waals surface area contributed by atoms with E-state index in [2.05, 4.69) is 10.8 Å². The fraction of sp³-hybridized carbons (Fsp3) is 0.100. The Balaban J connectivity index is 2.99. The fourth-order valence-electron chi connectivity index (χ4n) is 0.921. The van der Waals surface area contributed by atoms with Gasteiger partial charge in [0.25, 0.3) is 0 Å². The van der Waals surface area contributed by atoms with Gasteiger partial charge in [-0.3, -0.25) is 0 Å². The number of aryl methyl sites for hydroxylation is 1. The lowest BCUT2D eigenvalue weighted by Gasteiger charge is -2.06. The molecule has 1 aromatic carbocycles. The molecule has 0 saturated heterocycles. The van der Waals surface area contributed by atoms with Gasteiger partial charge in [0, 0.05) is 0 Å². The standard InChI is InChI=1S/C10H10O5S/c1-7-3-5-9(6-4-7)16(13,14)15-8(2)10(11)12/h3-6H,2H2,1H3,(H,11,12). The molecule has 0 bridgehead atoms. The van der Waals surface area contributed by atoms with Crippen molar-refractivity contribution in [3.8, 4) is 0 Å². The molecule has 0 heterocycles. The first-order chi connectivity index (χ1) is 7.33. The second-order valence-electron chi connectivity index (χ2n) is 3.08. The Labute approximate surface area is 93.1 Å². The van der Waals surface area contributed by atoms with Crippen LogP contribution in [0.4, 0.5) is 0 Å². The minimum absolute atomic E-state index is 0.111. The van der Waals surface area contributed by atoms with E-state index in [4.69, 9.17) is 5.11 Å². The van der Waals surface area contributed by atoms with Crippen molar-refractivity contribution in [3.05, 3.63) is 42.2 Å². The van der Waals surface area contributed by atoms with Gasteiger partial charge in [0.2, 0.25) is 5.76 Å². The highest BCUT2D eigenvalue weighted by Gasteiger charge is 2.19. The van der Waals surface area contributed by atoms with E-state index in [1.165, 1.54) is 12.1 Å². The van der Waals surface area contributed by atoms with Gasteiger partial charge in [-0.2, -0.15) is 8.42 Å². The summed E-state index contributed by atoms with van der Waals surface area (Å²) in [6.07, 6.45) is 0. The van der Waals surface area contributed by atoms with Gasteiger partial charge in [-0.05, 0) is 25.6 Å². The van der Waals surface area contributed by atoms with E-state index in [-0.39, 0.29) is 4.90 Å². The number of carbonyl (C=O) groups is 1. The molecule has 0 aromatic heterocycles. The Hall–Kier alpha value is -1.82. The van der Waals surface area contributed by atoms with Crippen LogP contribution in [-0.2, 0) is 19.1 Å². The second-order valence-corrected chi connectivity index (χ2v) is 4.63. The molecule has 0 radical (unpaired) electrons. The van der Waals surface area contributed by atoms with Crippen LogP contribution in [-0.4, -0.2) is 19.5 Å². The molecule has 1 aromatic rings. The predicted molar refractivity (Wildman–Crippen MR) is 56.2 cm³/mol. The molecule has 0 fully saturated rings. The second kappa shape index (κ2) is 4.36. The third kappa shape index (κ3) is 2.83. The molecule has 0 unspecified atom stereocenters. The quantitative estimate of drug-likeness (QED) is 0.489. The maximum absolute atomic E-state index is 11.5. The largest absolute Gasteiger partial charge is 0.475 e. The SMILES string of the molecule is C=C(OS(=O)(=O)c1ccc(C)cc1)C(=O)O. The van der Waals surface area contributed by atoms with E-state index in [9.17, 15) is 13.2 Å². The van der Waals surface area contributed by atoms with Gasteiger partial charge in [-0.15, -0.1) is 0 Å². The van der Waals surface area contributed by atoms with Crippen LogP contribution in [0.15, 0.2) is 41.5 Å². The Morgan fingerprint density at radius 2 is 1.81 bits per heavy atom. The van der Waals surface area contributed by atoms with Crippen molar-refractivity contribution in [2.24, 2.45) is 0 Å². The molecule has 0 amide bonds. The highest BCUT2D eigenvalue weighted by atomic mass is 32.2. The molecule has 5 nitrogen and oxygen atoms in total. The zero-order chi connectivity index (χ0) is 12.3. The summed E-state index contributed by atoms with van der Waals surface area (Å²) in [5.41, 5.74) is 0.885. The lowest BCUT2D eigenvalue weighted by Crippen LogP contribution is -2.11. The van der Waals surface area contributed by atoms with E-state index >= 15 is 0 Å². The first-order valence-corrected chi connectivity index (χ1v) is 5.67. The average molecular weight is 242 g/mol. The van der Waals surface area contributed by atoms with Gasteiger partial charge in [0.15, 0.2) is 0 Å². The first-order valence-electron chi connectivity index (χ1n) is 4.26. The van der Waals surface area contributed by atoms with Crippen LogP contribution in [0.5, 0.6) is 0 Å². The molecule has 0 aliphatic heterocycles. The molecular formula is C10H10O5S. The maximum atomic E-state index is 11.5. The molecule has 1 rings (SSSR count). The lowest BCUT2D eigenvalue weighted by atomic mass is 10.2. The average Bonchev–Trinajstić information content (AvgIpc) is 2.17. The highest BCUT2D eigenvalue weighted by Crippen LogP contribution is 2.15. The summed E-state index contributed by atoms with van der Waals surface area (Å²) in [5, 5.41) is 8.45. The molecule has 0 spiro atoms. The molecule has 0 saturated carbocycles. The van der Waals surface area contributed by atoms with Gasteiger partial charge in [0.1, 0.15) is 4.90 Å². The van der Waals surface area contributed by atoms with E-state index in [1.807, 2.05) is 0 Å². The smallest absolute Gasteiger partial charge is 0.372 e. The summed E-state index contributed by atoms with van der Waals surface area (Å²) >= 11 is 0. The van der Waals surface area contributed by atoms with Gasteiger partial charge in [0.05, 0.1) is 0 Å². The number of hydrogen-bond donors (Lipinski definition) is 1. The minimum Gasteiger partial charge on any atom is -0.475 e. The molecule has 86 valence electrons. The summed E-state index contributed by atoms with van der Waals surface area (Å²) in [6, 6.07) is 5.83. The summed E-state index contributed by atoms with van der Waals surface area (Å²) in [6.45, 7) is 4.78. The number of carboxylic acid groups (broad SMARTS) is 1. The lowest BCUT2D eigenvalue weighted by molar-refractivity contribution is -0.134. The van der Waals surface area contributed by atoms with E-state index in [1.54, 1.807) is 19.1 Å². The van der Waals surface area contributed by atoms with Crippen LogP contribution < -0.4 is 0 Å². The summed E-state index contributed by atoms with van der Waals surface area (Å²) in [4.78, 5) is 10.3. The van der Waals surface area contributed by atoms with Crippen molar-refractivity contribution in [3.63, 3.8) is 0 Å². The number of aliphatic carboxylic acids is 1. The van der Waals surface area contributed by atoms with Gasteiger partial charge >= 0.3 is 16.1 Å². The Morgan fingerprint density at radius 1 is 1.31 bits per heavy atom. The molecule has 6 heteroatoms.